The van der Waals surface area contributed by atoms with Gasteiger partial charge in [0.15, 0.2) is 12.5 Å². The van der Waals surface area contributed by atoms with Crippen molar-refractivity contribution in [2.24, 2.45) is 17.8 Å². The molecule has 1 fully saturated rings. The zero-order chi connectivity index (χ0) is 37.2. The molecule has 0 saturated carbocycles. The number of aliphatic carboxylic acids is 1. The monoisotopic (exact) mass is 664 g/mol. The van der Waals surface area contributed by atoms with Gasteiger partial charge in [-0.05, 0) is 60.0 Å². The minimum atomic E-state index is -1.43. The highest BCUT2D eigenvalue weighted by atomic mass is 16.7. The van der Waals surface area contributed by atoms with Crippen molar-refractivity contribution in [3.8, 4) is 12.8 Å². The molecule has 1 rings (SSSR count). The molecule has 0 radical (unpaired) electrons. The highest BCUT2D eigenvalue weighted by Crippen LogP contribution is 2.28. The summed E-state index contributed by atoms with van der Waals surface area (Å²) in [7, 11) is 7.04. The second-order valence-corrected chi connectivity index (χ2v) is 11.6. The summed E-state index contributed by atoms with van der Waals surface area (Å²) in [5.74, 6) is -2.13. The molecule has 0 aliphatic carbocycles. The maximum atomic E-state index is 12.4. The largest absolute Gasteiger partial charge is 0.507 e. The van der Waals surface area contributed by atoms with Gasteiger partial charge in [-0.2, -0.15) is 0 Å². The fraction of sp³-hybridized carbons (Fsp3) is 0.818. The lowest BCUT2D eigenvalue weighted by atomic mass is 9.86. The van der Waals surface area contributed by atoms with E-state index in [-0.39, 0.29) is 29.8 Å². The molecular formula is C33H64N2O11. The van der Waals surface area contributed by atoms with Gasteiger partial charge in [-0.1, -0.05) is 41.5 Å². The highest BCUT2D eigenvalue weighted by molar-refractivity contribution is 5.78. The number of amides is 1. The summed E-state index contributed by atoms with van der Waals surface area (Å²) in [4.78, 5) is 45.8. The Kier molecular flexibility index (Phi) is 30.7. The number of nitrogens with one attached hydrogen (secondary N) is 1. The molecule has 5 unspecified atom stereocenters. The number of rotatable bonds is 13. The molecule has 0 aromatic carbocycles. The molecule has 0 aromatic rings. The number of esters is 1. The van der Waals surface area contributed by atoms with E-state index in [9.17, 15) is 19.5 Å². The summed E-state index contributed by atoms with van der Waals surface area (Å²) in [5.41, 5.74) is -0.534. The van der Waals surface area contributed by atoms with E-state index in [4.69, 9.17) is 34.0 Å². The molecule has 1 aliphatic heterocycles. The van der Waals surface area contributed by atoms with E-state index >= 15 is 0 Å². The van der Waals surface area contributed by atoms with E-state index in [1.165, 1.54) is 7.11 Å². The number of hydrogen-bond acceptors (Lipinski definition) is 10. The summed E-state index contributed by atoms with van der Waals surface area (Å²) in [5, 5.41) is 28.1. The quantitative estimate of drug-likeness (QED) is 0.118. The minimum Gasteiger partial charge on any atom is -0.481 e. The fourth-order valence-electron chi connectivity index (χ4n) is 4.37. The maximum Gasteiger partial charge on any atom is 0.507 e. The van der Waals surface area contributed by atoms with Crippen LogP contribution in [0, 0.1) is 30.6 Å². The topological polar surface area (TPSA) is 181 Å². The summed E-state index contributed by atoms with van der Waals surface area (Å²) in [6, 6.07) is 0.466. The van der Waals surface area contributed by atoms with Gasteiger partial charge in [-0.3, -0.25) is 14.4 Å². The number of aliphatic hydroxyl groups excluding tert-OH is 1. The van der Waals surface area contributed by atoms with Gasteiger partial charge in [0.25, 0.3) is 5.97 Å². The molecule has 272 valence electrons. The Balaban J connectivity index is -0.000000378. The smallest absolute Gasteiger partial charge is 0.481 e. The lowest BCUT2D eigenvalue weighted by Gasteiger charge is -2.34. The maximum absolute atomic E-state index is 12.4. The molecule has 13 heteroatoms. The number of ether oxygens (including phenoxy) is 4. The highest BCUT2D eigenvalue weighted by Gasteiger charge is 2.31. The molecular weight excluding hydrogens is 600 g/mol. The first-order chi connectivity index (χ1) is 21.3. The molecule has 0 aromatic heterocycles. The van der Waals surface area contributed by atoms with Gasteiger partial charge in [0.1, 0.15) is 0 Å². The molecule has 0 spiro atoms. The average molecular weight is 665 g/mol. The third-order valence-electron chi connectivity index (χ3n) is 6.94. The van der Waals surface area contributed by atoms with Crippen LogP contribution in [-0.4, -0.2) is 103 Å². The number of carboxylic acids is 1. The fourth-order valence-corrected chi connectivity index (χ4v) is 4.37. The van der Waals surface area contributed by atoms with Crippen LogP contribution in [0.5, 0.6) is 0 Å². The summed E-state index contributed by atoms with van der Waals surface area (Å²) < 4.78 is 20.3. The van der Waals surface area contributed by atoms with Crippen LogP contribution in [0.3, 0.4) is 0 Å². The molecule has 7 atom stereocenters. The lowest BCUT2D eigenvalue weighted by Crippen LogP contribution is -2.45. The van der Waals surface area contributed by atoms with Crippen LogP contribution in [0.1, 0.15) is 101 Å². The third kappa shape index (κ3) is 26.3. The van der Waals surface area contributed by atoms with E-state index < -0.39 is 36.2 Å². The second-order valence-electron chi connectivity index (χ2n) is 11.6. The number of terminal acetylenes is 1. The SMILES string of the molecule is C#C.CC.CC(=O)O.CC1CC(N(C)C)CC(O)O1.COC(=O)C(C)CCC[C@@](C)(C[C@@H](C)C(=O)NC(OC(=O)O)C(C)C)OC. The zero-order valence-corrected chi connectivity index (χ0v) is 30.5. The van der Waals surface area contributed by atoms with E-state index in [1.54, 1.807) is 27.9 Å². The Morgan fingerprint density at radius 1 is 1.02 bits per heavy atom. The molecule has 1 amide bonds. The van der Waals surface area contributed by atoms with Crippen LogP contribution >= 0.6 is 0 Å². The van der Waals surface area contributed by atoms with Gasteiger partial charge >= 0.3 is 12.1 Å². The molecule has 4 N–H and O–H groups in total. The number of methoxy groups -OCH3 is 2. The first-order valence-corrected chi connectivity index (χ1v) is 15.6. The van der Waals surface area contributed by atoms with E-state index in [2.05, 4.69) is 23.1 Å². The number of carboxylic acid groups (broad SMARTS) is 2. The van der Waals surface area contributed by atoms with Gasteiger partial charge in [-0.25, -0.2) is 4.79 Å². The van der Waals surface area contributed by atoms with Gasteiger partial charge < -0.3 is 44.5 Å². The normalized spacial score (nSPS) is 20.0. The second kappa shape index (κ2) is 28.3. The Morgan fingerprint density at radius 2 is 1.52 bits per heavy atom. The molecule has 1 saturated heterocycles. The Bertz CT molecular complexity index is 837. The summed E-state index contributed by atoms with van der Waals surface area (Å²) in [6.45, 7) is 16.1. The molecule has 13 nitrogen and oxygen atoms in total. The lowest BCUT2D eigenvalue weighted by molar-refractivity contribution is -0.172. The van der Waals surface area contributed by atoms with E-state index in [0.29, 0.717) is 25.3 Å². The number of carbonyl (C=O) groups excluding carboxylic acids is 2. The van der Waals surface area contributed by atoms with Crippen molar-refractivity contribution in [2.75, 3.05) is 28.3 Å². The standard InChI is InChI=1S/C19H35NO7.C8H17NO2.C2H4O2.C2H6.C2H2/c1-12(2)16(27-18(23)24)20-15(21)14(4)11-19(5,26-7)10-8-9-13(3)17(22)25-6;1-6-4-7(9(2)3)5-8(10)11-6;1-2(3)4;2*1-2/h12-14,16H,8-11H2,1-7H3,(H,20,21)(H,23,24);6-8,10H,4-5H2,1-3H3;1H3,(H,3,4);1-2H3;1-2H/t13?,14-,16?,19+;;;;/m1..../s1. The van der Waals surface area contributed by atoms with Gasteiger partial charge in [0, 0.05) is 38.3 Å². The van der Waals surface area contributed by atoms with Crippen molar-refractivity contribution in [1.29, 1.82) is 0 Å². The minimum absolute atomic E-state index is 0.184. The Labute approximate surface area is 277 Å². The molecule has 1 heterocycles. The van der Waals surface area contributed by atoms with Crippen molar-refractivity contribution in [3.05, 3.63) is 0 Å². The van der Waals surface area contributed by atoms with Crippen molar-refractivity contribution in [2.45, 2.75) is 131 Å². The van der Waals surface area contributed by atoms with E-state index in [1.807, 2.05) is 48.7 Å². The number of carbonyl (C=O) groups is 4. The summed E-state index contributed by atoms with van der Waals surface area (Å²) >= 11 is 0. The first kappa shape index (κ1) is 49.9. The summed E-state index contributed by atoms with van der Waals surface area (Å²) in [6.07, 6.45) is 9.62. The molecule has 1 aliphatic rings. The van der Waals surface area contributed by atoms with Crippen molar-refractivity contribution in [1.82, 2.24) is 10.2 Å². The van der Waals surface area contributed by atoms with Crippen molar-refractivity contribution in [3.63, 3.8) is 0 Å². The Morgan fingerprint density at radius 3 is 1.89 bits per heavy atom. The van der Waals surface area contributed by atoms with Gasteiger partial charge in [-0.15, -0.1) is 12.8 Å². The predicted molar refractivity (Wildman–Crippen MR) is 178 cm³/mol. The van der Waals surface area contributed by atoms with Crippen LogP contribution in [-0.2, 0) is 33.3 Å². The first-order valence-electron chi connectivity index (χ1n) is 15.6. The number of nitrogens with zero attached hydrogens (tertiary/aromatic N) is 1. The van der Waals surface area contributed by atoms with Crippen LogP contribution < -0.4 is 5.32 Å². The molecule has 0 bridgehead atoms. The number of aliphatic hydroxyl groups is 1. The average Bonchev–Trinajstić information content (AvgIpc) is 2.97. The predicted octanol–water partition coefficient (Wildman–Crippen LogP) is 4.99. The van der Waals surface area contributed by atoms with Crippen LogP contribution in [0.15, 0.2) is 0 Å². The number of hydrogen-bond donors (Lipinski definition) is 4. The van der Waals surface area contributed by atoms with Crippen molar-refractivity contribution < 1.29 is 53.4 Å². The van der Waals surface area contributed by atoms with Gasteiger partial charge in [0.05, 0.1) is 24.7 Å². The van der Waals surface area contributed by atoms with Crippen LogP contribution in [0.4, 0.5) is 4.79 Å². The third-order valence-corrected chi connectivity index (χ3v) is 6.94. The Hall–Kier alpha value is -2.92. The van der Waals surface area contributed by atoms with Crippen LogP contribution in [0.25, 0.3) is 0 Å². The van der Waals surface area contributed by atoms with Crippen molar-refractivity contribution >= 4 is 24.0 Å². The van der Waals surface area contributed by atoms with Gasteiger partial charge in [0.2, 0.25) is 5.91 Å². The zero-order valence-electron chi connectivity index (χ0n) is 30.5. The molecule has 46 heavy (non-hydrogen) atoms. The van der Waals surface area contributed by atoms with E-state index in [0.717, 1.165) is 26.2 Å². The van der Waals surface area contributed by atoms with Crippen LogP contribution in [0.2, 0.25) is 0 Å².